The second kappa shape index (κ2) is 9.20. The molecule has 5 heteroatoms. The van der Waals surface area contributed by atoms with Crippen molar-refractivity contribution in [3.63, 3.8) is 0 Å². The van der Waals surface area contributed by atoms with Gasteiger partial charge in [0.25, 0.3) is 0 Å². The van der Waals surface area contributed by atoms with Gasteiger partial charge in [0.15, 0.2) is 17.3 Å². The standard InChI is InChI=1S/C22H30O5/c1-6-11-22(14-17(25-3)8-10-21(22)24)15(2)18(23)12-16-7-9-19(26-4)20(13-16)27-5/h6-10,13,15,17-18,23H,1,11-12,14H2,2-5H3/t15-,17+,18+,22-/m0/s1. The zero-order valence-corrected chi connectivity index (χ0v) is 16.6. The van der Waals surface area contributed by atoms with Gasteiger partial charge in [0.1, 0.15) is 0 Å². The lowest BCUT2D eigenvalue weighted by Crippen LogP contribution is -2.46. The smallest absolute Gasteiger partial charge is 0.162 e. The topological polar surface area (TPSA) is 65.0 Å². The van der Waals surface area contributed by atoms with E-state index in [1.54, 1.807) is 39.6 Å². The van der Waals surface area contributed by atoms with Crippen LogP contribution in [0.3, 0.4) is 0 Å². The van der Waals surface area contributed by atoms with Gasteiger partial charge in [-0.3, -0.25) is 4.79 Å². The molecule has 2 rings (SSSR count). The van der Waals surface area contributed by atoms with Crippen molar-refractivity contribution >= 4 is 5.78 Å². The molecule has 0 amide bonds. The molecule has 0 aliphatic heterocycles. The highest BCUT2D eigenvalue weighted by Crippen LogP contribution is 2.44. The maximum atomic E-state index is 12.8. The second-order valence-electron chi connectivity index (χ2n) is 7.10. The summed E-state index contributed by atoms with van der Waals surface area (Å²) in [6, 6.07) is 5.58. The fraction of sp³-hybridized carbons (Fsp3) is 0.500. The van der Waals surface area contributed by atoms with E-state index in [4.69, 9.17) is 14.2 Å². The summed E-state index contributed by atoms with van der Waals surface area (Å²) >= 11 is 0. The molecular formula is C22H30O5. The van der Waals surface area contributed by atoms with Crippen LogP contribution in [0.5, 0.6) is 11.5 Å². The second-order valence-corrected chi connectivity index (χ2v) is 7.10. The summed E-state index contributed by atoms with van der Waals surface area (Å²) in [6.07, 6.45) is 5.74. The lowest BCUT2D eigenvalue weighted by Gasteiger charge is -2.42. The number of aliphatic hydroxyl groups excluding tert-OH is 1. The first-order chi connectivity index (χ1) is 12.9. The molecule has 0 fully saturated rings. The van der Waals surface area contributed by atoms with Crippen molar-refractivity contribution in [1.29, 1.82) is 0 Å². The number of rotatable bonds is 9. The molecule has 1 aromatic carbocycles. The van der Waals surface area contributed by atoms with Crippen molar-refractivity contribution < 1.29 is 24.1 Å². The number of carbonyl (C=O) groups excluding carboxylic acids is 1. The van der Waals surface area contributed by atoms with Crippen LogP contribution in [0, 0.1) is 11.3 Å². The van der Waals surface area contributed by atoms with Crippen molar-refractivity contribution in [2.24, 2.45) is 11.3 Å². The summed E-state index contributed by atoms with van der Waals surface area (Å²) in [5.41, 5.74) is 0.204. The van der Waals surface area contributed by atoms with Gasteiger partial charge in [0.2, 0.25) is 0 Å². The molecule has 0 unspecified atom stereocenters. The predicted molar refractivity (Wildman–Crippen MR) is 105 cm³/mol. The van der Waals surface area contributed by atoms with Crippen LogP contribution in [0.2, 0.25) is 0 Å². The van der Waals surface area contributed by atoms with Gasteiger partial charge < -0.3 is 19.3 Å². The molecule has 1 N–H and O–H groups in total. The molecule has 0 aromatic heterocycles. The Balaban J connectivity index is 2.25. The molecule has 0 saturated carbocycles. The number of ether oxygens (including phenoxy) is 3. The Morgan fingerprint density at radius 3 is 2.59 bits per heavy atom. The first kappa shape index (κ1) is 21.2. The molecule has 0 spiro atoms. The van der Waals surface area contributed by atoms with E-state index >= 15 is 0 Å². The van der Waals surface area contributed by atoms with Crippen LogP contribution in [-0.4, -0.2) is 44.4 Å². The lowest BCUT2D eigenvalue weighted by molar-refractivity contribution is -0.133. The number of methoxy groups -OCH3 is 3. The first-order valence-electron chi connectivity index (χ1n) is 9.17. The lowest BCUT2D eigenvalue weighted by atomic mass is 9.62. The third-order valence-electron chi connectivity index (χ3n) is 5.67. The molecule has 27 heavy (non-hydrogen) atoms. The number of allylic oxidation sites excluding steroid dienone is 2. The maximum Gasteiger partial charge on any atom is 0.162 e. The SMILES string of the molecule is C=CC[C@@]1([C@@H](C)[C@H](O)Cc2ccc(OC)c(OC)c2)C[C@H](OC)C=CC1=O. The summed E-state index contributed by atoms with van der Waals surface area (Å²) in [5, 5.41) is 11.0. The monoisotopic (exact) mass is 374 g/mol. The van der Waals surface area contributed by atoms with Crippen molar-refractivity contribution in [3.8, 4) is 11.5 Å². The van der Waals surface area contributed by atoms with Crippen LogP contribution in [0.15, 0.2) is 43.0 Å². The van der Waals surface area contributed by atoms with Gasteiger partial charge in [-0.15, -0.1) is 6.58 Å². The third-order valence-corrected chi connectivity index (χ3v) is 5.67. The number of hydrogen-bond donors (Lipinski definition) is 1. The zero-order valence-electron chi connectivity index (χ0n) is 16.6. The molecule has 148 valence electrons. The van der Waals surface area contributed by atoms with Crippen LogP contribution in [0.1, 0.15) is 25.3 Å². The van der Waals surface area contributed by atoms with Crippen LogP contribution in [-0.2, 0) is 16.0 Å². The van der Waals surface area contributed by atoms with Crippen LogP contribution >= 0.6 is 0 Å². The first-order valence-corrected chi connectivity index (χ1v) is 9.17. The largest absolute Gasteiger partial charge is 0.493 e. The number of ketones is 1. The van der Waals surface area contributed by atoms with Crippen molar-refractivity contribution in [2.45, 2.75) is 38.4 Å². The van der Waals surface area contributed by atoms with Crippen molar-refractivity contribution in [2.75, 3.05) is 21.3 Å². The minimum absolute atomic E-state index is 0.0227. The molecule has 0 bridgehead atoms. The van der Waals surface area contributed by atoms with Gasteiger partial charge >= 0.3 is 0 Å². The number of hydrogen-bond acceptors (Lipinski definition) is 5. The third kappa shape index (κ3) is 4.42. The molecule has 5 nitrogen and oxygen atoms in total. The highest BCUT2D eigenvalue weighted by Gasteiger charge is 2.46. The highest BCUT2D eigenvalue weighted by molar-refractivity contribution is 5.96. The summed E-state index contributed by atoms with van der Waals surface area (Å²) < 4.78 is 16.1. The molecule has 0 radical (unpaired) electrons. The Bertz CT molecular complexity index is 696. The van der Waals surface area contributed by atoms with Crippen LogP contribution in [0.25, 0.3) is 0 Å². The fourth-order valence-electron chi connectivity index (χ4n) is 3.88. The Morgan fingerprint density at radius 1 is 1.30 bits per heavy atom. The van der Waals surface area contributed by atoms with E-state index in [0.29, 0.717) is 30.8 Å². The summed E-state index contributed by atoms with van der Waals surface area (Å²) in [4.78, 5) is 12.8. The predicted octanol–water partition coefficient (Wildman–Crippen LogP) is 3.35. The fourth-order valence-corrected chi connectivity index (χ4v) is 3.88. The molecule has 4 atom stereocenters. The summed E-state index contributed by atoms with van der Waals surface area (Å²) in [5.74, 6) is 1.02. The Morgan fingerprint density at radius 2 is 2.00 bits per heavy atom. The zero-order chi connectivity index (χ0) is 20.0. The van der Waals surface area contributed by atoms with Gasteiger partial charge in [-0.25, -0.2) is 0 Å². The van der Waals surface area contributed by atoms with Crippen LogP contribution < -0.4 is 9.47 Å². The van der Waals surface area contributed by atoms with E-state index in [1.807, 2.05) is 25.1 Å². The molecule has 1 aliphatic carbocycles. The molecule has 0 heterocycles. The van der Waals surface area contributed by atoms with E-state index in [-0.39, 0.29) is 17.8 Å². The van der Waals surface area contributed by atoms with Gasteiger partial charge in [0, 0.05) is 12.5 Å². The van der Waals surface area contributed by atoms with E-state index < -0.39 is 11.5 Å². The molecule has 0 saturated heterocycles. The van der Waals surface area contributed by atoms with Crippen LogP contribution in [0.4, 0.5) is 0 Å². The number of benzene rings is 1. The minimum atomic E-state index is -0.715. The van der Waals surface area contributed by atoms with Gasteiger partial charge in [-0.05, 0) is 49.0 Å². The highest BCUT2D eigenvalue weighted by atomic mass is 16.5. The average Bonchev–Trinajstić information content (AvgIpc) is 2.69. The van der Waals surface area contributed by atoms with Gasteiger partial charge in [-0.2, -0.15) is 0 Å². The van der Waals surface area contributed by atoms with E-state index in [1.165, 1.54) is 0 Å². The van der Waals surface area contributed by atoms with E-state index in [0.717, 1.165) is 5.56 Å². The molecular weight excluding hydrogens is 344 g/mol. The average molecular weight is 374 g/mol. The Labute approximate surface area is 161 Å². The van der Waals surface area contributed by atoms with Crippen molar-refractivity contribution in [1.82, 2.24) is 0 Å². The van der Waals surface area contributed by atoms with Crippen molar-refractivity contribution in [3.05, 3.63) is 48.6 Å². The van der Waals surface area contributed by atoms with Gasteiger partial charge in [0.05, 0.1) is 26.4 Å². The molecule has 1 aromatic rings. The molecule has 1 aliphatic rings. The number of carbonyl (C=O) groups is 1. The number of aliphatic hydroxyl groups is 1. The van der Waals surface area contributed by atoms with E-state index in [2.05, 4.69) is 6.58 Å². The maximum absolute atomic E-state index is 12.8. The Kier molecular flexibility index (Phi) is 7.22. The quantitative estimate of drug-likeness (QED) is 0.672. The summed E-state index contributed by atoms with van der Waals surface area (Å²) in [7, 11) is 4.80. The minimum Gasteiger partial charge on any atom is -0.493 e. The van der Waals surface area contributed by atoms with Gasteiger partial charge in [-0.1, -0.05) is 25.1 Å². The van der Waals surface area contributed by atoms with E-state index in [9.17, 15) is 9.90 Å². The normalized spacial score (nSPS) is 24.3. The summed E-state index contributed by atoms with van der Waals surface area (Å²) in [6.45, 7) is 5.75. The Hall–Kier alpha value is -2.11.